The number of nitriles is 1. The van der Waals surface area contributed by atoms with Gasteiger partial charge in [-0.1, -0.05) is 19.3 Å². The first kappa shape index (κ1) is 12.9. The van der Waals surface area contributed by atoms with Crippen molar-refractivity contribution in [2.75, 3.05) is 0 Å². The summed E-state index contributed by atoms with van der Waals surface area (Å²) in [5.74, 6) is 0. The van der Waals surface area contributed by atoms with E-state index in [2.05, 4.69) is 6.07 Å². The van der Waals surface area contributed by atoms with Crippen molar-refractivity contribution in [1.82, 2.24) is 0 Å². The fourth-order valence-corrected chi connectivity index (χ4v) is 3.75. The second kappa shape index (κ2) is 4.59. The fourth-order valence-electron chi connectivity index (χ4n) is 3.75. The number of aliphatic hydroxyl groups is 1. The van der Waals surface area contributed by atoms with Gasteiger partial charge in [0.25, 0.3) is 0 Å². The van der Waals surface area contributed by atoms with Crippen LogP contribution in [-0.2, 0) is 4.74 Å². The monoisotopic (exact) mass is 237 g/mol. The Hall–Kier alpha value is -0.590. The Balaban J connectivity index is 2.25. The lowest BCUT2D eigenvalue weighted by atomic mass is 9.60. The predicted octanol–water partition coefficient (Wildman–Crippen LogP) is 2.78. The van der Waals surface area contributed by atoms with Gasteiger partial charge in [0.1, 0.15) is 0 Å². The molecule has 17 heavy (non-hydrogen) atoms. The molecule has 2 unspecified atom stereocenters. The predicted molar refractivity (Wildman–Crippen MR) is 65.3 cm³/mol. The average Bonchev–Trinajstić information content (AvgIpc) is 2.28. The quantitative estimate of drug-likeness (QED) is 0.763. The molecule has 0 radical (unpaired) electrons. The molecule has 0 aromatic heterocycles. The Bertz CT molecular complexity index is 305. The van der Waals surface area contributed by atoms with Crippen LogP contribution in [0.1, 0.15) is 58.8 Å². The van der Waals surface area contributed by atoms with Crippen LogP contribution in [0.15, 0.2) is 0 Å². The maximum absolute atomic E-state index is 11.0. The van der Waals surface area contributed by atoms with Crippen LogP contribution in [0.3, 0.4) is 0 Å². The van der Waals surface area contributed by atoms with Crippen LogP contribution < -0.4 is 0 Å². The summed E-state index contributed by atoms with van der Waals surface area (Å²) < 4.78 is 5.69. The van der Waals surface area contributed by atoms with Crippen molar-refractivity contribution in [1.29, 1.82) is 5.26 Å². The number of rotatable bonds is 1. The molecular formula is C14H23NO2. The van der Waals surface area contributed by atoms with Gasteiger partial charge in [0.15, 0.2) is 0 Å². The number of hydrogen-bond donors (Lipinski definition) is 1. The van der Waals surface area contributed by atoms with Crippen molar-refractivity contribution in [3.63, 3.8) is 0 Å². The molecule has 1 saturated carbocycles. The summed E-state index contributed by atoms with van der Waals surface area (Å²) in [6, 6.07) is 2.46. The lowest BCUT2D eigenvalue weighted by Gasteiger charge is -2.50. The molecule has 2 rings (SSSR count). The first-order valence-electron chi connectivity index (χ1n) is 6.80. The van der Waals surface area contributed by atoms with E-state index in [0.29, 0.717) is 12.8 Å². The smallest absolute Gasteiger partial charge is 0.0882 e. The first-order valence-corrected chi connectivity index (χ1v) is 6.80. The van der Waals surface area contributed by atoms with Crippen LogP contribution in [-0.4, -0.2) is 22.9 Å². The van der Waals surface area contributed by atoms with Crippen molar-refractivity contribution in [3.05, 3.63) is 0 Å². The topological polar surface area (TPSA) is 53.2 Å². The van der Waals surface area contributed by atoms with E-state index in [1.54, 1.807) is 0 Å². The van der Waals surface area contributed by atoms with Gasteiger partial charge in [0, 0.05) is 12.8 Å². The van der Waals surface area contributed by atoms with Crippen LogP contribution >= 0.6 is 0 Å². The lowest BCUT2D eigenvalue weighted by molar-refractivity contribution is -0.179. The van der Waals surface area contributed by atoms with Crippen LogP contribution in [0.4, 0.5) is 0 Å². The Morgan fingerprint density at radius 3 is 2.12 bits per heavy atom. The molecule has 2 fully saturated rings. The van der Waals surface area contributed by atoms with E-state index in [4.69, 9.17) is 4.74 Å². The molecule has 1 saturated heterocycles. The van der Waals surface area contributed by atoms with E-state index in [1.807, 2.05) is 13.8 Å². The van der Waals surface area contributed by atoms with Gasteiger partial charge in [-0.15, -0.1) is 0 Å². The highest BCUT2D eigenvalue weighted by atomic mass is 16.5. The first-order chi connectivity index (χ1) is 8.01. The minimum atomic E-state index is -0.848. The van der Waals surface area contributed by atoms with E-state index in [9.17, 15) is 10.4 Å². The third-order valence-corrected chi connectivity index (χ3v) is 4.53. The van der Waals surface area contributed by atoms with Crippen molar-refractivity contribution >= 4 is 0 Å². The molecule has 1 aliphatic heterocycles. The van der Waals surface area contributed by atoms with Crippen LogP contribution in [0.5, 0.6) is 0 Å². The number of nitrogens with zero attached hydrogens (tertiary/aromatic N) is 1. The van der Waals surface area contributed by atoms with Gasteiger partial charge < -0.3 is 9.84 Å². The van der Waals surface area contributed by atoms with E-state index in [0.717, 1.165) is 25.7 Å². The van der Waals surface area contributed by atoms with E-state index in [-0.39, 0.29) is 12.2 Å². The molecule has 0 aromatic rings. The minimum absolute atomic E-state index is 0.0518. The molecule has 0 amide bonds. The van der Waals surface area contributed by atoms with Crippen molar-refractivity contribution in [2.24, 2.45) is 5.41 Å². The zero-order valence-corrected chi connectivity index (χ0v) is 10.9. The van der Waals surface area contributed by atoms with Gasteiger partial charge in [-0.2, -0.15) is 5.26 Å². The zero-order chi connectivity index (χ0) is 12.5. The Morgan fingerprint density at radius 1 is 1.12 bits per heavy atom. The third kappa shape index (κ3) is 2.21. The highest BCUT2D eigenvalue weighted by Gasteiger charge is 2.54. The standard InChI is InChI=1S/C14H23NO2/c1-11-8-14(16,9-12(2)17-11)13(10-15)6-4-3-5-7-13/h11-12,16H,3-9H2,1-2H3. The minimum Gasteiger partial charge on any atom is -0.388 e. The van der Waals surface area contributed by atoms with Gasteiger partial charge in [0.05, 0.1) is 29.3 Å². The summed E-state index contributed by atoms with van der Waals surface area (Å²) in [7, 11) is 0. The Labute approximate surface area is 104 Å². The van der Waals surface area contributed by atoms with E-state index in [1.165, 1.54) is 6.42 Å². The molecule has 2 aliphatic rings. The molecule has 3 nitrogen and oxygen atoms in total. The van der Waals surface area contributed by atoms with Crippen LogP contribution in [0, 0.1) is 16.7 Å². The largest absolute Gasteiger partial charge is 0.388 e. The van der Waals surface area contributed by atoms with Gasteiger partial charge in [-0.3, -0.25) is 0 Å². The highest BCUT2D eigenvalue weighted by Crippen LogP contribution is 2.50. The lowest BCUT2D eigenvalue weighted by Crippen LogP contribution is -2.55. The Morgan fingerprint density at radius 2 is 1.65 bits per heavy atom. The zero-order valence-electron chi connectivity index (χ0n) is 10.9. The molecule has 0 aromatic carbocycles. The number of ether oxygens (including phenoxy) is 1. The van der Waals surface area contributed by atoms with Gasteiger partial charge in [0.2, 0.25) is 0 Å². The summed E-state index contributed by atoms with van der Waals surface area (Å²) >= 11 is 0. The van der Waals surface area contributed by atoms with Crippen LogP contribution in [0.2, 0.25) is 0 Å². The maximum atomic E-state index is 11.0. The second-order valence-electron chi connectivity index (χ2n) is 5.95. The molecule has 1 aliphatic carbocycles. The average molecular weight is 237 g/mol. The fraction of sp³-hybridized carbons (Fsp3) is 0.929. The Kier molecular flexibility index (Phi) is 3.47. The summed E-state index contributed by atoms with van der Waals surface area (Å²) in [6.07, 6.45) is 6.33. The van der Waals surface area contributed by atoms with E-state index < -0.39 is 11.0 Å². The van der Waals surface area contributed by atoms with Gasteiger partial charge in [-0.25, -0.2) is 0 Å². The second-order valence-corrected chi connectivity index (χ2v) is 5.95. The molecule has 1 N–H and O–H groups in total. The normalized spacial score (nSPS) is 41.8. The molecule has 96 valence electrons. The molecule has 0 spiro atoms. The van der Waals surface area contributed by atoms with Crippen molar-refractivity contribution in [3.8, 4) is 6.07 Å². The molecule has 0 bridgehead atoms. The SMILES string of the molecule is CC1CC(O)(C2(C#N)CCCCC2)CC(C)O1. The molecule has 3 heteroatoms. The summed E-state index contributed by atoms with van der Waals surface area (Å²) in [5, 5.41) is 20.6. The molecule has 1 heterocycles. The van der Waals surface area contributed by atoms with Crippen molar-refractivity contribution in [2.45, 2.75) is 76.6 Å². The van der Waals surface area contributed by atoms with Gasteiger partial charge >= 0.3 is 0 Å². The van der Waals surface area contributed by atoms with E-state index >= 15 is 0 Å². The summed E-state index contributed by atoms with van der Waals surface area (Å²) in [4.78, 5) is 0. The molecule has 2 atom stereocenters. The van der Waals surface area contributed by atoms with Crippen molar-refractivity contribution < 1.29 is 9.84 Å². The maximum Gasteiger partial charge on any atom is 0.0882 e. The molecular weight excluding hydrogens is 214 g/mol. The van der Waals surface area contributed by atoms with Crippen LogP contribution in [0.25, 0.3) is 0 Å². The number of hydrogen-bond acceptors (Lipinski definition) is 3. The highest BCUT2D eigenvalue weighted by molar-refractivity contribution is 5.14. The summed E-state index contributed by atoms with van der Waals surface area (Å²) in [6.45, 7) is 3.99. The van der Waals surface area contributed by atoms with Gasteiger partial charge in [-0.05, 0) is 26.7 Å². The summed E-state index contributed by atoms with van der Waals surface area (Å²) in [5.41, 5.74) is -1.38. The third-order valence-electron chi connectivity index (χ3n) is 4.53.